The minimum atomic E-state index is -0.244. The maximum atomic E-state index is 13.1. The molecule has 1 atom stereocenters. The second kappa shape index (κ2) is 8.14. The van der Waals surface area contributed by atoms with E-state index in [1.165, 1.54) is 6.33 Å². The number of fused-ring (bicyclic) bond motifs is 1. The Bertz CT molecular complexity index is 1250. The Labute approximate surface area is 180 Å². The van der Waals surface area contributed by atoms with Gasteiger partial charge >= 0.3 is 0 Å². The molecule has 1 aliphatic rings. The number of nitrogens with zero attached hydrogens (tertiary/aromatic N) is 4. The van der Waals surface area contributed by atoms with Crippen LogP contribution in [0.15, 0.2) is 54.1 Å². The molecule has 0 saturated heterocycles. The van der Waals surface area contributed by atoms with Crippen LogP contribution in [0.2, 0.25) is 0 Å². The predicted molar refractivity (Wildman–Crippen MR) is 118 cm³/mol. The first-order valence-corrected chi connectivity index (χ1v) is 10.1. The van der Waals surface area contributed by atoms with Crippen molar-refractivity contribution >= 4 is 23.0 Å². The zero-order valence-corrected chi connectivity index (χ0v) is 17.9. The van der Waals surface area contributed by atoms with Crippen LogP contribution in [0.3, 0.4) is 0 Å². The molecule has 0 aromatic carbocycles. The van der Waals surface area contributed by atoms with Crippen LogP contribution >= 0.6 is 0 Å². The number of aryl methyl sites for hydroxylation is 2. The molecule has 2 N–H and O–H groups in total. The first kappa shape index (κ1) is 20.5. The number of anilines is 1. The summed E-state index contributed by atoms with van der Waals surface area (Å²) in [6.45, 7) is 5.71. The summed E-state index contributed by atoms with van der Waals surface area (Å²) < 4.78 is 1.65. The molecule has 8 heteroatoms. The van der Waals surface area contributed by atoms with Crippen LogP contribution < -0.4 is 10.6 Å². The van der Waals surface area contributed by atoms with Gasteiger partial charge < -0.3 is 10.6 Å². The van der Waals surface area contributed by atoms with Crippen LogP contribution in [0.4, 0.5) is 5.82 Å². The molecule has 31 heavy (non-hydrogen) atoms. The van der Waals surface area contributed by atoms with Crippen molar-refractivity contribution in [2.75, 3.05) is 12.4 Å². The predicted octanol–water partition coefficient (Wildman–Crippen LogP) is 2.98. The number of amides is 1. The van der Waals surface area contributed by atoms with E-state index in [9.17, 15) is 9.59 Å². The fourth-order valence-corrected chi connectivity index (χ4v) is 3.74. The van der Waals surface area contributed by atoms with E-state index in [1.807, 2.05) is 45.1 Å². The van der Waals surface area contributed by atoms with Gasteiger partial charge in [0, 0.05) is 30.2 Å². The summed E-state index contributed by atoms with van der Waals surface area (Å²) in [6, 6.07) is 5.38. The largest absolute Gasteiger partial charge is 0.359 e. The monoisotopic (exact) mass is 416 g/mol. The first-order chi connectivity index (χ1) is 14.9. The minimum absolute atomic E-state index is 0.0340. The quantitative estimate of drug-likeness (QED) is 0.620. The third-order valence-corrected chi connectivity index (χ3v) is 5.50. The number of allylic oxidation sites excluding steroid dienone is 2. The molecule has 1 amide bonds. The molecule has 4 rings (SSSR count). The van der Waals surface area contributed by atoms with Gasteiger partial charge in [0.15, 0.2) is 5.82 Å². The number of ketones is 1. The Morgan fingerprint density at radius 3 is 2.74 bits per heavy atom. The Kier molecular flexibility index (Phi) is 5.37. The molecule has 0 saturated carbocycles. The zero-order valence-electron chi connectivity index (χ0n) is 17.9. The normalized spacial score (nSPS) is 15.9. The van der Waals surface area contributed by atoms with Gasteiger partial charge in [-0.3, -0.25) is 9.59 Å². The lowest BCUT2D eigenvalue weighted by atomic mass is 9.94. The molecular formula is C23H24N6O2. The topological polar surface area (TPSA) is 101 Å². The molecule has 0 radical (unpaired) electrons. The van der Waals surface area contributed by atoms with Gasteiger partial charge in [-0.2, -0.15) is 5.10 Å². The number of hydrogen-bond donors (Lipinski definition) is 2. The molecular weight excluding hydrogens is 392 g/mol. The van der Waals surface area contributed by atoms with Gasteiger partial charge in [0.1, 0.15) is 17.5 Å². The van der Waals surface area contributed by atoms with E-state index in [4.69, 9.17) is 0 Å². The molecule has 8 nitrogen and oxygen atoms in total. The first-order valence-electron chi connectivity index (χ1n) is 10.1. The van der Waals surface area contributed by atoms with E-state index >= 15 is 0 Å². The van der Waals surface area contributed by atoms with Gasteiger partial charge in [-0.15, -0.1) is 0 Å². The van der Waals surface area contributed by atoms with Crippen LogP contribution in [-0.2, 0) is 4.79 Å². The molecule has 0 fully saturated rings. The Hall–Kier alpha value is -3.81. The number of carbonyl (C=O) groups is 2. The van der Waals surface area contributed by atoms with Gasteiger partial charge in [0.05, 0.1) is 5.92 Å². The van der Waals surface area contributed by atoms with Gasteiger partial charge in [0.25, 0.3) is 0 Å². The second-order valence-electron chi connectivity index (χ2n) is 7.61. The number of nitrogens with one attached hydrogen (secondary N) is 2. The fraction of sp³-hybridized carbons (Fsp3) is 0.261. The average Bonchev–Trinajstić information content (AvgIpc) is 3.11. The maximum Gasteiger partial charge on any atom is 0.227 e. The van der Waals surface area contributed by atoms with Crippen LogP contribution in [0.25, 0.3) is 5.52 Å². The summed E-state index contributed by atoms with van der Waals surface area (Å²) in [5.74, 6) is 0.130. The highest BCUT2D eigenvalue weighted by atomic mass is 16.1. The van der Waals surface area contributed by atoms with Gasteiger partial charge in [-0.25, -0.2) is 14.5 Å². The molecule has 3 heterocycles. The van der Waals surface area contributed by atoms with E-state index in [-0.39, 0.29) is 17.6 Å². The lowest BCUT2D eigenvalue weighted by molar-refractivity contribution is -0.123. The second-order valence-corrected chi connectivity index (χ2v) is 7.61. The minimum Gasteiger partial charge on any atom is -0.359 e. The molecule has 3 aromatic rings. The van der Waals surface area contributed by atoms with Crippen LogP contribution in [-0.4, -0.2) is 38.3 Å². The molecule has 1 aliphatic carbocycles. The standard InChI is InChI=1S/C23H24N6O2/c1-13-8-9-16(23(31)24-4)10-19(13)28-22-20-15(3)17(11-29(20)26-12-25-22)21(30)18-7-5-6-14(2)27-18/h5-8,10-12,16H,9H2,1-4H3,(H,24,31)(H,25,26,28). The van der Waals surface area contributed by atoms with E-state index < -0.39 is 0 Å². The third kappa shape index (κ3) is 3.84. The Balaban J connectivity index is 1.73. The number of aromatic nitrogens is 4. The van der Waals surface area contributed by atoms with Crippen LogP contribution in [0.5, 0.6) is 0 Å². The van der Waals surface area contributed by atoms with Gasteiger partial charge in [-0.1, -0.05) is 12.1 Å². The molecule has 0 spiro atoms. The van der Waals surface area contributed by atoms with Crippen molar-refractivity contribution in [3.8, 4) is 0 Å². The van der Waals surface area contributed by atoms with Crippen LogP contribution in [0.1, 0.15) is 40.7 Å². The fourth-order valence-electron chi connectivity index (χ4n) is 3.74. The Morgan fingerprint density at radius 1 is 1.19 bits per heavy atom. The van der Waals surface area contributed by atoms with Crippen LogP contribution in [0, 0.1) is 19.8 Å². The van der Waals surface area contributed by atoms with E-state index in [0.29, 0.717) is 29.0 Å². The van der Waals surface area contributed by atoms with Crippen molar-refractivity contribution in [2.45, 2.75) is 27.2 Å². The highest BCUT2D eigenvalue weighted by Gasteiger charge is 2.23. The van der Waals surface area contributed by atoms with E-state index in [0.717, 1.165) is 22.5 Å². The lowest BCUT2D eigenvalue weighted by Crippen LogP contribution is -2.27. The molecule has 0 aliphatic heterocycles. The summed E-state index contributed by atoms with van der Waals surface area (Å²) >= 11 is 0. The number of pyridine rings is 1. The molecule has 158 valence electrons. The van der Waals surface area contributed by atoms with Crippen molar-refractivity contribution in [1.29, 1.82) is 0 Å². The van der Waals surface area contributed by atoms with Crippen molar-refractivity contribution in [3.05, 3.63) is 76.7 Å². The van der Waals surface area contributed by atoms with Crippen molar-refractivity contribution in [1.82, 2.24) is 24.9 Å². The van der Waals surface area contributed by atoms with Crippen molar-refractivity contribution < 1.29 is 9.59 Å². The lowest BCUT2D eigenvalue weighted by Gasteiger charge is -2.20. The van der Waals surface area contributed by atoms with Crippen molar-refractivity contribution in [2.24, 2.45) is 5.92 Å². The average molecular weight is 416 g/mol. The smallest absolute Gasteiger partial charge is 0.227 e. The maximum absolute atomic E-state index is 13.1. The molecule has 0 bridgehead atoms. The van der Waals surface area contributed by atoms with E-state index in [1.54, 1.807) is 23.8 Å². The van der Waals surface area contributed by atoms with Gasteiger partial charge in [-0.05, 0) is 56.5 Å². The van der Waals surface area contributed by atoms with Gasteiger partial charge in [0.2, 0.25) is 11.7 Å². The van der Waals surface area contributed by atoms with E-state index in [2.05, 4.69) is 25.7 Å². The summed E-state index contributed by atoms with van der Waals surface area (Å²) in [7, 11) is 1.63. The summed E-state index contributed by atoms with van der Waals surface area (Å²) in [5.41, 5.74) is 5.01. The highest BCUT2D eigenvalue weighted by molar-refractivity contribution is 6.10. The zero-order chi connectivity index (χ0) is 22.1. The third-order valence-electron chi connectivity index (χ3n) is 5.50. The highest BCUT2D eigenvalue weighted by Crippen LogP contribution is 2.28. The van der Waals surface area contributed by atoms with Crippen molar-refractivity contribution in [3.63, 3.8) is 0 Å². The molecule has 1 unspecified atom stereocenters. The summed E-state index contributed by atoms with van der Waals surface area (Å²) in [6.07, 6.45) is 7.74. The summed E-state index contributed by atoms with van der Waals surface area (Å²) in [4.78, 5) is 33.9. The number of rotatable bonds is 5. The molecule has 3 aromatic heterocycles. The number of hydrogen-bond acceptors (Lipinski definition) is 6. The number of carbonyl (C=O) groups excluding carboxylic acids is 2. The Morgan fingerprint density at radius 2 is 2.00 bits per heavy atom. The summed E-state index contributed by atoms with van der Waals surface area (Å²) in [5, 5.41) is 10.3. The SMILES string of the molecule is CNC(=O)C1C=C(Nc2ncnn3cc(C(=O)c4cccc(C)n4)c(C)c23)C(C)=CC1.